The molecule has 30 heavy (non-hydrogen) atoms. The number of para-hydroxylation sites is 1. The Morgan fingerprint density at radius 1 is 1.10 bits per heavy atom. The molecule has 5 nitrogen and oxygen atoms in total. The van der Waals surface area contributed by atoms with E-state index in [2.05, 4.69) is 68.6 Å². The fourth-order valence-corrected chi connectivity index (χ4v) is 4.46. The van der Waals surface area contributed by atoms with Gasteiger partial charge in [0, 0.05) is 58.5 Å². The van der Waals surface area contributed by atoms with E-state index in [-0.39, 0.29) is 24.0 Å². The molecule has 6 heteroatoms. The molecule has 2 heterocycles. The van der Waals surface area contributed by atoms with Gasteiger partial charge in [0.1, 0.15) is 0 Å². The second kappa shape index (κ2) is 11.0. The lowest BCUT2D eigenvalue weighted by molar-refractivity contribution is 0.157. The highest BCUT2D eigenvalue weighted by molar-refractivity contribution is 14.0. The first kappa shape index (κ1) is 22.9. The Kier molecular flexibility index (Phi) is 8.39. The summed E-state index contributed by atoms with van der Waals surface area (Å²) in [6.45, 7) is 5.77. The van der Waals surface area contributed by atoms with Crippen LogP contribution in [0.5, 0.6) is 0 Å². The van der Waals surface area contributed by atoms with Crippen LogP contribution in [0.4, 0.5) is 5.69 Å². The molecule has 0 bridgehead atoms. The van der Waals surface area contributed by atoms with Gasteiger partial charge < -0.3 is 19.9 Å². The Morgan fingerprint density at radius 2 is 1.87 bits per heavy atom. The Balaban J connectivity index is 0.00000256. The third kappa shape index (κ3) is 5.46. The van der Waals surface area contributed by atoms with E-state index in [4.69, 9.17) is 4.74 Å². The van der Waals surface area contributed by atoms with Crippen molar-refractivity contribution in [2.45, 2.75) is 25.9 Å². The van der Waals surface area contributed by atoms with Crippen LogP contribution in [0.1, 0.15) is 23.1 Å². The number of aliphatic imine (C=N–C) groups is 1. The quantitative estimate of drug-likeness (QED) is 0.356. The fraction of sp³-hybridized carbons (Fsp3) is 0.458. The minimum Gasteiger partial charge on any atom is -0.384 e. The van der Waals surface area contributed by atoms with Gasteiger partial charge in [0.25, 0.3) is 0 Å². The van der Waals surface area contributed by atoms with Gasteiger partial charge in [-0.2, -0.15) is 0 Å². The van der Waals surface area contributed by atoms with E-state index >= 15 is 0 Å². The summed E-state index contributed by atoms with van der Waals surface area (Å²) in [5, 5.41) is 3.52. The van der Waals surface area contributed by atoms with E-state index in [0.717, 1.165) is 51.7 Å². The summed E-state index contributed by atoms with van der Waals surface area (Å²) in [7, 11) is 3.64. The van der Waals surface area contributed by atoms with E-state index < -0.39 is 0 Å². The van der Waals surface area contributed by atoms with Crippen molar-refractivity contribution >= 4 is 35.6 Å². The Hall–Kier alpha value is -1.80. The molecule has 2 aliphatic rings. The van der Waals surface area contributed by atoms with Gasteiger partial charge >= 0.3 is 0 Å². The summed E-state index contributed by atoms with van der Waals surface area (Å²) in [5.74, 6) is 1.59. The second-order valence-corrected chi connectivity index (χ2v) is 8.07. The number of rotatable bonds is 6. The average Bonchev–Trinajstić information content (AvgIpc) is 3.38. The summed E-state index contributed by atoms with van der Waals surface area (Å²) in [6, 6.07) is 17.7. The van der Waals surface area contributed by atoms with Crippen LogP contribution in [-0.2, 0) is 24.2 Å². The highest BCUT2D eigenvalue weighted by atomic mass is 127. The molecule has 2 aromatic rings. The fourth-order valence-electron chi connectivity index (χ4n) is 4.46. The number of hydrogen-bond acceptors (Lipinski definition) is 3. The summed E-state index contributed by atoms with van der Waals surface area (Å²) in [5.41, 5.74) is 5.50. The zero-order chi connectivity index (χ0) is 20.1. The van der Waals surface area contributed by atoms with Gasteiger partial charge in [0.2, 0.25) is 0 Å². The molecule has 2 aliphatic heterocycles. The van der Waals surface area contributed by atoms with E-state index in [9.17, 15) is 0 Å². The van der Waals surface area contributed by atoms with Gasteiger partial charge in [-0.1, -0.05) is 42.5 Å². The lowest BCUT2D eigenvalue weighted by atomic mass is 10.1. The van der Waals surface area contributed by atoms with Crippen LogP contribution in [-0.4, -0.2) is 51.3 Å². The summed E-state index contributed by atoms with van der Waals surface area (Å²) in [4.78, 5) is 9.29. The van der Waals surface area contributed by atoms with Crippen molar-refractivity contribution in [2.75, 3.05) is 45.3 Å². The standard InChI is InChI=1S/C24H32N4O.HI/c1-25-24(28-13-11-21(17-28)18-29-2)26-15-19-7-9-20(10-8-19)16-27-14-12-22-5-3-4-6-23(22)27;/h3-10,21H,11-18H2,1-2H3,(H,25,26);1H. The maximum atomic E-state index is 5.30. The number of methoxy groups -OCH3 is 1. The Bertz CT molecular complexity index is 839. The van der Waals surface area contributed by atoms with Crippen molar-refractivity contribution in [1.82, 2.24) is 10.2 Å². The molecule has 0 saturated carbocycles. The van der Waals surface area contributed by atoms with E-state index in [1.807, 2.05) is 7.05 Å². The first-order chi connectivity index (χ1) is 14.3. The smallest absolute Gasteiger partial charge is 0.193 e. The normalized spacial score (nSPS) is 18.3. The summed E-state index contributed by atoms with van der Waals surface area (Å²) < 4.78 is 5.30. The maximum Gasteiger partial charge on any atom is 0.193 e. The molecule has 0 aliphatic carbocycles. The number of fused-ring (bicyclic) bond motifs is 1. The molecule has 162 valence electrons. The molecule has 1 atom stereocenters. The third-order valence-corrected chi connectivity index (χ3v) is 6.03. The number of halogens is 1. The van der Waals surface area contributed by atoms with Gasteiger partial charge in [-0.25, -0.2) is 0 Å². The number of anilines is 1. The first-order valence-electron chi connectivity index (χ1n) is 10.6. The monoisotopic (exact) mass is 520 g/mol. The van der Waals surface area contributed by atoms with Gasteiger partial charge in [0.05, 0.1) is 6.61 Å². The van der Waals surface area contributed by atoms with Gasteiger partial charge in [-0.3, -0.25) is 4.99 Å². The number of benzene rings is 2. The molecule has 1 N–H and O–H groups in total. The zero-order valence-electron chi connectivity index (χ0n) is 18.0. The molecule has 0 amide bonds. The Labute approximate surface area is 197 Å². The van der Waals surface area contributed by atoms with Crippen molar-refractivity contribution in [3.8, 4) is 0 Å². The molecule has 1 fully saturated rings. The van der Waals surface area contributed by atoms with Crippen LogP contribution in [0.15, 0.2) is 53.5 Å². The van der Waals surface area contributed by atoms with Gasteiger partial charge in [-0.05, 0) is 35.6 Å². The molecule has 4 rings (SSSR count). The van der Waals surface area contributed by atoms with E-state index in [1.165, 1.54) is 28.8 Å². The average molecular weight is 520 g/mol. The van der Waals surface area contributed by atoms with Crippen LogP contribution in [0, 0.1) is 5.92 Å². The van der Waals surface area contributed by atoms with Crippen LogP contribution in [0.3, 0.4) is 0 Å². The van der Waals surface area contributed by atoms with Crippen molar-refractivity contribution in [3.05, 3.63) is 65.2 Å². The topological polar surface area (TPSA) is 40.1 Å². The Morgan fingerprint density at radius 3 is 2.63 bits per heavy atom. The predicted molar refractivity (Wildman–Crippen MR) is 135 cm³/mol. The van der Waals surface area contributed by atoms with Crippen LogP contribution in [0.2, 0.25) is 0 Å². The number of nitrogens with zero attached hydrogens (tertiary/aromatic N) is 3. The highest BCUT2D eigenvalue weighted by Gasteiger charge is 2.24. The van der Waals surface area contributed by atoms with Crippen LogP contribution < -0.4 is 10.2 Å². The summed E-state index contributed by atoms with van der Waals surface area (Å²) >= 11 is 0. The predicted octanol–water partition coefficient (Wildman–Crippen LogP) is 3.91. The van der Waals surface area contributed by atoms with Crippen LogP contribution >= 0.6 is 24.0 Å². The van der Waals surface area contributed by atoms with Crippen molar-refractivity contribution in [2.24, 2.45) is 10.9 Å². The zero-order valence-corrected chi connectivity index (χ0v) is 20.3. The van der Waals surface area contributed by atoms with Crippen molar-refractivity contribution < 1.29 is 4.74 Å². The SMILES string of the molecule is CN=C(NCc1ccc(CN2CCc3ccccc32)cc1)N1CCC(COC)C1.I. The number of guanidine groups is 1. The lowest BCUT2D eigenvalue weighted by Crippen LogP contribution is -2.39. The largest absolute Gasteiger partial charge is 0.384 e. The first-order valence-corrected chi connectivity index (χ1v) is 10.6. The van der Waals surface area contributed by atoms with Gasteiger partial charge in [-0.15, -0.1) is 24.0 Å². The molecule has 0 spiro atoms. The molecule has 1 saturated heterocycles. The molecule has 1 unspecified atom stereocenters. The molecule has 0 aromatic heterocycles. The summed E-state index contributed by atoms with van der Waals surface area (Å²) in [6.07, 6.45) is 2.32. The lowest BCUT2D eigenvalue weighted by Gasteiger charge is -2.22. The minimum absolute atomic E-state index is 0. The van der Waals surface area contributed by atoms with E-state index in [1.54, 1.807) is 7.11 Å². The number of hydrogen-bond donors (Lipinski definition) is 1. The van der Waals surface area contributed by atoms with Crippen molar-refractivity contribution in [1.29, 1.82) is 0 Å². The number of ether oxygens (including phenoxy) is 1. The van der Waals surface area contributed by atoms with Gasteiger partial charge in [0.15, 0.2) is 5.96 Å². The maximum absolute atomic E-state index is 5.30. The second-order valence-electron chi connectivity index (χ2n) is 8.07. The highest BCUT2D eigenvalue weighted by Crippen LogP contribution is 2.28. The molecular formula is C24H33IN4O. The van der Waals surface area contributed by atoms with E-state index in [0.29, 0.717) is 5.92 Å². The number of likely N-dealkylation sites (tertiary alicyclic amines) is 1. The molecule has 2 aromatic carbocycles. The molecule has 0 radical (unpaired) electrons. The van der Waals surface area contributed by atoms with Crippen molar-refractivity contribution in [3.63, 3.8) is 0 Å². The third-order valence-electron chi connectivity index (χ3n) is 6.03. The number of nitrogens with one attached hydrogen (secondary N) is 1. The minimum atomic E-state index is 0. The van der Waals surface area contributed by atoms with Crippen LogP contribution in [0.25, 0.3) is 0 Å². The molecular weight excluding hydrogens is 487 g/mol.